The van der Waals surface area contributed by atoms with Crippen LogP contribution in [0.15, 0.2) is 65.6 Å². The molecule has 0 atom stereocenters. The van der Waals surface area contributed by atoms with Gasteiger partial charge < -0.3 is 10.2 Å². The summed E-state index contributed by atoms with van der Waals surface area (Å²) in [5.41, 5.74) is 0.717. The molecule has 2 heterocycles. The second-order valence-corrected chi connectivity index (χ2v) is 7.67. The predicted octanol–water partition coefficient (Wildman–Crippen LogP) is 3.13. The van der Waals surface area contributed by atoms with Crippen LogP contribution in [0.4, 0.5) is 5.82 Å². The molecule has 0 bridgehead atoms. The first-order valence-corrected chi connectivity index (χ1v) is 9.49. The Kier molecular flexibility index (Phi) is 6.58. The summed E-state index contributed by atoms with van der Waals surface area (Å²) >= 11 is 0. The monoisotopic (exact) mass is 413 g/mol. The van der Waals surface area contributed by atoms with E-state index in [-0.39, 0.29) is 24.8 Å². The molecule has 0 unspecified atom stereocenters. The van der Waals surface area contributed by atoms with E-state index in [2.05, 4.69) is 10.2 Å². The minimum absolute atomic E-state index is 0. The highest BCUT2D eigenvalue weighted by Crippen LogP contribution is 2.31. The Hall–Kier alpha value is -1.73. The van der Waals surface area contributed by atoms with Crippen LogP contribution in [0.3, 0.4) is 0 Å². The first kappa shape index (κ1) is 20.6. The standard InChI is InChI=1S/C18H19N3O2S.2ClH/c22-24(23,16-7-2-1-3-8-16)21-17-9-5-4-6-15(17)14-18(21)20-12-10-19-11-13-20;;/h1-9,14,19H,10-13H2;2*1H. The zero-order chi connectivity index (χ0) is 16.6. The molecule has 1 saturated heterocycles. The third-order valence-corrected chi connectivity index (χ3v) is 6.10. The Morgan fingerprint density at radius 1 is 0.846 bits per heavy atom. The van der Waals surface area contributed by atoms with Crippen molar-refractivity contribution in [1.82, 2.24) is 9.29 Å². The summed E-state index contributed by atoms with van der Waals surface area (Å²) in [5.74, 6) is 0.738. The minimum Gasteiger partial charge on any atom is -0.355 e. The highest BCUT2D eigenvalue weighted by molar-refractivity contribution is 7.90. The Labute approximate surface area is 165 Å². The number of nitrogens with one attached hydrogen (secondary N) is 1. The number of hydrogen-bond acceptors (Lipinski definition) is 4. The average molecular weight is 414 g/mol. The average Bonchev–Trinajstić information content (AvgIpc) is 3.03. The van der Waals surface area contributed by atoms with Gasteiger partial charge in [-0.05, 0) is 24.3 Å². The maximum absolute atomic E-state index is 13.3. The van der Waals surface area contributed by atoms with Gasteiger partial charge in [-0.1, -0.05) is 36.4 Å². The van der Waals surface area contributed by atoms with Crippen LogP contribution >= 0.6 is 24.8 Å². The van der Waals surface area contributed by atoms with E-state index >= 15 is 0 Å². The van der Waals surface area contributed by atoms with Gasteiger partial charge in [-0.15, -0.1) is 24.8 Å². The molecule has 0 spiro atoms. The van der Waals surface area contributed by atoms with Crippen molar-refractivity contribution in [2.45, 2.75) is 4.90 Å². The van der Waals surface area contributed by atoms with Gasteiger partial charge in [0.1, 0.15) is 5.82 Å². The molecule has 5 nitrogen and oxygen atoms in total. The van der Waals surface area contributed by atoms with Crippen LogP contribution < -0.4 is 10.2 Å². The fourth-order valence-electron chi connectivity index (χ4n) is 3.18. The van der Waals surface area contributed by atoms with Gasteiger partial charge in [0.2, 0.25) is 0 Å². The Morgan fingerprint density at radius 2 is 1.46 bits per heavy atom. The second kappa shape index (κ2) is 8.31. The summed E-state index contributed by atoms with van der Waals surface area (Å²) in [6.45, 7) is 3.29. The lowest BCUT2D eigenvalue weighted by molar-refractivity contribution is 0.573. The molecular formula is C18H21Cl2N3O2S. The van der Waals surface area contributed by atoms with E-state index in [1.54, 1.807) is 24.3 Å². The van der Waals surface area contributed by atoms with E-state index in [1.165, 1.54) is 3.97 Å². The van der Waals surface area contributed by atoms with E-state index in [0.717, 1.165) is 42.9 Å². The number of para-hydroxylation sites is 1. The van der Waals surface area contributed by atoms with Gasteiger partial charge in [-0.25, -0.2) is 12.4 Å². The number of anilines is 1. The zero-order valence-corrected chi connectivity index (χ0v) is 16.5. The van der Waals surface area contributed by atoms with Crippen LogP contribution in [0.1, 0.15) is 0 Å². The smallest absolute Gasteiger partial charge is 0.269 e. The van der Waals surface area contributed by atoms with Gasteiger partial charge in [0.15, 0.2) is 0 Å². The van der Waals surface area contributed by atoms with Crippen molar-refractivity contribution in [2.75, 3.05) is 31.1 Å². The molecule has 0 radical (unpaired) electrons. The number of piperazine rings is 1. The molecule has 1 aliphatic rings. The molecule has 2 aromatic carbocycles. The summed E-state index contributed by atoms with van der Waals surface area (Å²) in [5, 5.41) is 4.24. The van der Waals surface area contributed by atoms with E-state index < -0.39 is 10.0 Å². The van der Waals surface area contributed by atoms with E-state index in [4.69, 9.17) is 0 Å². The van der Waals surface area contributed by atoms with E-state index in [1.807, 2.05) is 36.4 Å². The molecular weight excluding hydrogens is 393 g/mol. The molecule has 26 heavy (non-hydrogen) atoms. The molecule has 1 aliphatic heterocycles. The number of halogens is 2. The van der Waals surface area contributed by atoms with Gasteiger partial charge in [-0.3, -0.25) is 0 Å². The number of aromatic nitrogens is 1. The SMILES string of the molecule is Cl.Cl.O=S(=O)(c1ccccc1)n1c(N2CCNCC2)cc2ccccc21. The topological polar surface area (TPSA) is 54.3 Å². The lowest BCUT2D eigenvalue weighted by atomic mass is 10.2. The molecule has 0 saturated carbocycles. The van der Waals surface area contributed by atoms with Crippen molar-refractivity contribution < 1.29 is 8.42 Å². The number of hydrogen-bond donors (Lipinski definition) is 1. The minimum atomic E-state index is -3.65. The summed E-state index contributed by atoms with van der Waals surface area (Å²) in [6.07, 6.45) is 0. The van der Waals surface area contributed by atoms with Crippen molar-refractivity contribution in [3.8, 4) is 0 Å². The normalized spacial score (nSPS) is 14.5. The van der Waals surface area contributed by atoms with Crippen LogP contribution in [0.5, 0.6) is 0 Å². The first-order valence-electron chi connectivity index (χ1n) is 8.05. The zero-order valence-electron chi connectivity index (χ0n) is 14.0. The van der Waals surface area contributed by atoms with E-state index in [0.29, 0.717) is 4.90 Å². The van der Waals surface area contributed by atoms with Crippen LogP contribution in [-0.2, 0) is 10.0 Å². The predicted molar refractivity (Wildman–Crippen MR) is 111 cm³/mol. The summed E-state index contributed by atoms with van der Waals surface area (Å²) in [7, 11) is -3.65. The highest BCUT2D eigenvalue weighted by Gasteiger charge is 2.26. The number of benzene rings is 2. The van der Waals surface area contributed by atoms with Gasteiger partial charge in [0, 0.05) is 31.6 Å². The van der Waals surface area contributed by atoms with Crippen LogP contribution in [-0.4, -0.2) is 38.6 Å². The molecule has 1 N–H and O–H groups in total. The molecule has 1 fully saturated rings. The number of nitrogens with zero attached hydrogens (tertiary/aromatic N) is 2. The van der Waals surface area contributed by atoms with Gasteiger partial charge in [0.05, 0.1) is 10.4 Å². The van der Waals surface area contributed by atoms with Gasteiger partial charge >= 0.3 is 0 Å². The molecule has 3 aromatic rings. The summed E-state index contributed by atoms with van der Waals surface area (Å²) < 4.78 is 28.1. The fraction of sp³-hybridized carbons (Fsp3) is 0.222. The Bertz CT molecular complexity index is 969. The fourth-order valence-corrected chi connectivity index (χ4v) is 4.73. The summed E-state index contributed by atoms with van der Waals surface area (Å²) in [4.78, 5) is 2.44. The van der Waals surface area contributed by atoms with Crippen molar-refractivity contribution in [1.29, 1.82) is 0 Å². The number of rotatable bonds is 3. The Morgan fingerprint density at radius 3 is 2.15 bits per heavy atom. The van der Waals surface area contributed by atoms with Crippen molar-refractivity contribution in [2.24, 2.45) is 0 Å². The van der Waals surface area contributed by atoms with Crippen LogP contribution in [0.2, 0.25) is 0 Å². The highest BCUT2D eigenvalue weighted by atomic mass is 35.5. The lowest BCUT2D eigenvalue weighted by Gasteiger charge is -2.30. The first-order chi connectivity index (χ1) is 11.7. The maximum Gasteiger partial charge on any atom is 0.269 e. The van der Waals surface area contributed by atoms with Crippen molar-refractivity contribution in [3.05, 3.63) is 60.7 Å². The molecule has 0 aliphatic carbocycles. The number of fused-ring (bicyclic) bond motifs is 1. The lowest BCUT2D eigenvalue weighted by Crippen LogP contribution is -2.44. The molecule has 8 heteroatoms. The molecule has 0 amide bonds. The van der Waals surface area contributed by atoms with E-state index in [9.17, 15) is 8.42 Å². The molecule has 140 valence electrons. The quantitative estimate of drug-likeness (QED) is 0.716. The van der Waals surface area contributed by atoms with Gasteiger partial charge in [0.25, 0.3) is 10.0 Å². The van der Waals surface area contributed by atoms with Crippen molar-refractivity contribution >= 4 is 51.6 Å². The van der Waals surface area contributed by atoms with Crippen LogP contribution in [0.25, 0.3) is 10.9 Å². The maximum atomic E-state index is 13.3. The van der Waals surface area contributed by atoms with Crippen molar-refractivity contribution in [3.63, 3.8) is 0 Å². The third kappa shape index (κ3) is 3.55. The second-order valence-electron chi connectivity index (χ2n) is 5.88. The van der Waals surface area contributed by atoms with Gasteiger partial charge in [-0.2, -0.15) is 0 Å². The molecule has 1 aromatic heterocycles. The molecule has 4 rings (SSSR count). The Balaban J connectivity index is 0.00000121. The third-order valence-electron chi connectivity index (χ3n) is 4.37. The summed E-state index contributed by atoms with van der Waals surface area (Å²) in [6, 6.07) is 18.2. The van der Waals surface area contributed by atoms with Crippen LogP contribution in [0, 0.1) is 0 Å². The largest absolute Gasteiger partial charge is 0.355 e.